The standard InChI is InChI=1S/C21H31N7O/c1-15-2-6-17(7-3-15)22-20(29)14-26-10-12-27(13-11-26)19-9-8-18-23-24-21(16-4-5-16)28(18)25-19/h8-9,15-17H,2-7,10-14H2,1H3,(H,22,29). The van der Waals surface area contributed by atoms with Gasteiger partial charge >= 0.3 is 0 Å². The highest BCUT2D eigenvalue weighted by Crippen LogP contribution is 2.38. The first kappa shape index (κ1) is 18.8. The molecule has 3 aliphatic rings. The van der Waals surface area contributed by atoms with Crippen molar-refractivity contribution in [1.82, 2.24) is 30.0 Å². The molecule has 1 aliphatic heterocycles. The van der Waals surface area contributed by atoms with E-state index in [9.17, 15) is 4.79 Å². The smallest absolute Gasteiger partial charge is 0.234 e. The number of anilines is 1. The van der Waals surface area contributed by atoms with E-state index >= 15 is 0 Å². The van der Waals surface area contributed by atoms with Crippen LogP contribution in [0.15, 0.2) is 12.1 Å². The van der Waals surface area contributed by atoms with E-state index in [1.54, 1.807) is 0 Å². The largest absolute Gasteiger partial charge is 0.353 e. The molecule has 1 saturated heterocycles. The average Bonchev–Trinajstić information content (AvgIpc) is 3.49. The van der Waals surface area contributed by atoms with Crippen LogP contribution < -0.4 is 10.2 Å². The second kappa shape index (κ2) is 7.89. The Morgan fingerprint density at radius 3 is 2.52 bits per heavy atom. The molecule has 0 spiro atoms. The number of hydrogen-bond acceptors (Lipinski definition) is 6. The molecule has 3 fully saturated rings. The minimum absolute atomic E-state index is 0.177. The van der Waals surface area contributed by atoms with Gasteiger partial charge in [0.1, 0.15) is 5.82 Å². The van der Waals surface area contributed by atoms with Gasteiger partial charge < -0.3 is 10.2 Å². The van der Waals surface area contributed by atoms with E-state index in [0.29, 0.717) is 18.5 Å². The maximum Gasteiger partial charge on any atom is 0.234 e. The zero-order valence-electron chi connectivity index (χ0n) is 17.3. The third-order valence-electron chi connectivity index (χ3n) is 6.66. The van der Waals surface area contributed by atoms with Crippen molar-refractivity contribution in [2.24, 2.45) is 5.92 Å². The minimum Gasteiger partial charge on any atom is -0.353 e. The Morgan fingerprint density at radius 1 is 1.03 bits per heavy atom. The van der Waals surface area contributed by atoms with E-state index in [1.807, 2.05) is 16.6 Å². The van der Waals surface area contributed by atoms with Gasteiger partial charge in [0.25, 0.3) is 0 Å². The normalized spacial score (nSPS) is 26.0. The van der Waals surface area contributed by atoms with Crippen LogP contribution >= 0.6 is 0 Å². The Morgan fingerprint density at radius 2 is 1.79 bits per heavy atom. The van der Waals surface area contributed by atoms with E-state index < -0.39 is 0 Å². The third-order valence-corrected chi connectivity index (χ3v) is 6.66. The number of nitrogens with one attached hydrogen (secondary N) is 1. The lowest BCUT2D eigenvalue weighted by Crippen LogP contribution is -2.51. The lowest BCUT2D eigenvalue weighted by atomic mass is 9.87. The molecule has 5 rings (SSSR count). The maximum absolute atomic E-state index is 12.4. The average molecular weight is 398 g/mol. The van der Waals surface area contributed by atoms with Crippen LogP contribution in [0.25, 0.3) is 5.65 Å². The summed E-state index contributed by atoms with van der Waals surface area (Å²) < 4.78 is 1.91. The highest BCUT2D eigenvalue weighted by molar-refractivity contribution is 5.78. The van der Waals surface area contributed by atoms with Gasteiger partial charge in [-0.2, -0.15) is 4.52 Å². The minimum atomic E-state index is 0.177. The van der Waals surface area contributed by atoms with E-state index in [2.05, 4.69) is 32.2 Å². The third kappa shape index (κ3) is 4.22. The number of piperazine rings is 1. The van der Waals surface area contributed by atoms with Crippen LogP contribution in [0.5, 0.6) is 0 Å². The lowest BCUT2D eigenvalue weighted by molar-refractivity contribution is -0.123. The zero-order chi connectivity index (χ0) is 19.8. The first-order chi connectivity index (χ1) is 14.2. The molecule has 0 atom stereocenters. The monoisotopic (exact) mass is 397 g/mol. The molecule has 0 unspecified atom stereocenters. The number of amides is 1. The van der Waals surface area contributed by atoms with Gasteiger partial charge in [-0.25, -0.2) is 0 Å². The summed E-state index contributed by atoms with van der Waals surface area (Å²) >= 11 is 0. The van der Waals surface area contributed by atoms with Crippen LogP contribution in [0.3, 0.4) is 0 Å². The SMILES string of the molecule is CC1CCC(NC(=O)CN2CCN(c3ccc4nnc(C5CC5)n4n3)CC2)CC1. The molecule has 1 N–H and O–H groups in total. The van der Waals surface area contributed by atoms with Crippen LogP contribution in [-0.2, 0) is 4.79 Å². The summed E-state index contributed by atoms with van der Waals surface area (Å²) in [4.78, 5) is 17.0. The van der Waals surface area contributed by atoms with Crippen molar-refractivity contribution in [2.75, 3.05) is 37.6 Å². The molecule has 156 valence electrons. The predicted octanol–water partition coefficient (Wildman–Crippen LogP) is 1.82. The van der Waals surface area contributed by atoms with E-state index in [1.165, 1.54) is 25.7 Å². The molecule has 2 aliphatic carbocycles. The van der Waals surface area contributed by atoms with Crippen molar-refractivity contribution < 1.29 is 4.79 Å². The van der Waals surface area contributed by atoms with Crippen LogP contribution in [0.1, 0.15) is 57.2 Å². The summed E-state index contributed by atoms with van der Waals surface area (Å²) in [6.07, 6.45) is 7.09. The van der Waals surface area contributed by atoms with E-state index in [0.717, 1.165) is 62.2 Å². The number of hydrogen-bond donors (Lipinski definition) is 1. The van der Waals surface area contributed by atoms with Crippen LogP contribution in [-0.4, -0.2) is 69.4 Å². The first-order valence-corrected chi connectivity index (χ1v) is 11.1. The Kier molecular flexibility index (Phi) is 5.11. The van der Waals surface area contributed by atoms with Crippen molar-refractivity contribution in [1.29, 1.82) is 0 Å². The van der Waals surface area contributed by atoms with Gasteiger partial charge in [-0.1, -0.05) is 6.92 Å². The molecule has 3 heterocycles. The second-order valence-corrected chi connectivity index (χ2v) is 9.08. The van der Waals surface area contributed by atoms with Gasteiger partial charge in [0, 0.05) is 38.1 Å². The lowest BCUT2D eigenvalue weighted by Gasteiger charge is -2.35. The van der Waals surface area contributed by atoms with E-state index in [-0.39, 0.29) is 5.91 Å². The van der Waals surface area contributed by atoms with Crippen molar-refractivity contribution >= 4 is 17.4 Å². The molecule has 29 heavy (non-hydrogen) atoms. The Balaban J connectivity index is 1.14. The summed E-state index contributed by atoms with van der Waals surface area (Å²) in [6, 6.07) is 4.42. The fourth-order valence-corrected chi connectivity index (χ4v) is 4.58. The topological polar surface area (TPSA) is 78.7 Å². The number of aromatic nitrogens is 4. The van der Waals surface area contributed by atoms with Gasteiger partial charge in [-0.15, -0.1) is 15.3 Å². The molecule has 0 radical (unpaired) electrons. The van der Waals surface area contributed by atoms with Crippen LogP contribution in [0.4, 0.5) is 5.82 Å². The number of carbonyl (C=O) groups is 1. The van der Waals surface area contributed by atoms with Crippen molar-refractivity contribution in [2.45, 2.75) is 57.4 Å². The van der Waals surface area contributed by atoms with Crippen molar-refractivity contribution in [3.05, 3.63) is 18.0 Å². The molecule has 2 saturated carbocycles. The van der Waals surface area contributed by atoms with Crippen LogP contribution in [0.2, 0.25) is 0 Å². The Labute approximate surface area is 171 Å². The number of rotatable bonds is 5. The number of carbonyl (C=O) groups excluding carboxylic acids is 1. The molecule has 2 aromatic rings. The molecule has 8 heteroatoms. The highest BCUT2D eigenvalue weighted by atomic mass is 16.2. The van der Waals surface area contributed by atoms with Gasteiger partial charge in [0.15, 0.2) is 11.5 Å². The molecular weight excluding hydrogens is 366 g/mol. The van der Waals surface area contributed by atoms with Crippen molar-refractivity contribution in [3.63, 3.8) is 0 Å². The molecule has 0 aromatic carbocycles. The fourth-order valence-electron chi connectivity index (χ4n) is 4.58. The summed E-state index contributed by atoms with van der Waals surface area (Å²) in [7, 11) is 0. The second-order valence-electron chi connectivity index (χ2n) is 9.08. The zero-order valence-corrected chi connectivity index (χ0v) is 17.3. The molecular formula is C21H31N7O. The van der Waals surface area contributed by atoms with Crippen molar-refractivity contribution in [3.8, 4) is 0 Å². The Hall–Kier alpha value is -2.22. The fraction of sp³-hybridized carbons (Fsp3) is 0.714. The molecule has 2 aromatic heterocycles. The number of nitrogens with zero attached hydrogens (tertiary/aromatic N) is 6. The summed E-state index contributed by atoms with van der Waals surface area (Å²) in [6.45, 7) is 6.34. The Bertz CT molecular complexity index is 861. The van der Waals surface area contributed by atoms with Gasteiger partial charge in [-0.05, 0) is 56.6 Å². The van der Waals surface area contributed by atoms with Gasteiger partial charge in [0.05, 0.1) is 6.54 Å². The van der Waals surface area contributed by atoms with Crippen LogP contribution in [0, 0.1) is 5.92 Å². The van der Waals surface area contributed by atoms with Gasteiger partial charge in [0.2, 0.25) is 5.91 Å². The maximum atomic E-state index is 12.4. The van der Waals surface area contributed by atoms with E-state index in [4.69, 9.17) is 5.10 Å². The summed E-state index contributed by atoms with van der Waals surface area (Å²) in [5.41, 5.74) is 0.822. The predicted molar refractivity (Wildman–Crippen MR) is 111 cm³/mol. The molecule has 8 nitrogen and oxygen atoms in total. The summed E-state index contributed by atoms with van der Waals surface area (Å²) in [5.74, 6) is 3.48. The molecule has 1 amide bonds. The summed E-state index contributed by atoms with van der Waals surface area (Å²) in [5, 5.41) is 16.6. The number of fused-ring (bicyclic) bond motifs is 1. The first-order valence-electron chi connectivity index (χ1n) is 11.1. The quantitative estimate of drug-likeness (QED) is 0.829. The highest BCUT2D eigenvalue weighted by Gasteiger charge is 2.30. The molecule has 0 bridgehead atoms. The van der Waals surface area contributed by atoms with Gasteiger partial charge in [-0.3, -0.25) is 9.69 Å².